The molecule has 2 aromatic heterocycles. The second-order valence-electron chi connectivity index (χ2n) is 4.26. The number of anilines is 1. The number of carboxylic acid groups (broad SMARTS) is 1. The summed E-state index contributed by atoms with van der Waals surface area (Å²) in [5, 5.41) is 16.2. The predicted octanol–water partition coefficient (Wildman–Crippen LogP) is 1.19. The average molecular weight is 244 g/mol. The fraction of sp³-hybridized carbons (Fsp3) is 0.250. The van der Waals surface area contributed by atoms with Crippen LogP contribution >= 0.6 is 0 Å². The molecule has 18 heavy (non-hydrogen) atoms. The molecule has 0 radical (unpaired) electrons. The van der Waals surface area contributed by atoms with Crippen LogP contribution in [0.5, 0.6) is 0 Å². The first-order valence-corrected chi connectivity index (χ1v) is 5.69. The van der Waals surface area contributed by atoms with Gasteiger partial charge in [-0.05, 0) is 17.7 Å². The summed E-state index contributed by atoms with van der Waals surface area (Å²) in [7, 11) is 0. The number of aromatic nitrogens is 3. The zero-order chi connectivity index (χ0) is 12.5. The molecule has 0 spiro atoms. The van der Waals surface area contributed by atoms with Gasteiger partial charge in [0.25, 0.3) is 0 Å². The third-order valence-corrected chi connectivity index (χ3v) is 3.10. The summed E-state index contributed by atoms with van der Waals surface area (Å²) in [4.78, 5) is 14.8. The van der Waals surface area contributed by atoms with Gasteiger partial charge in [-0.2, -0.15) is 5.10 Å². The first-order chi connectivity index (χ1) is 8.74. The average Bonchev–Trinajstić information content (AvgIpc) is 2.82. The highest BCUT2D eigenvalue weighted by Crippen LogP contribution is 2.25. The molecule has 0 saturated heterocycles. The maximum atomic E-state index is 10.9. The summed E-state index contributed by atoms with van der Waals surface area (Å²) in [6.45, 7) is 1.45. The molecule has 6 nitrogen and oxygen atoms in total. The molecule has 2 N–H and O–H groups in total. The Morgan fingerprint density at radius 2 is 2.22 bits per heavy atom. The van der Waals surface area contributed by atoms with Crippen molar-refractivity contribution in [2.75, 3.05) is 11.9 Å². The molecule has 92 valence electrons. The van der Waals surface area contributed by atoms with E-state index in [1.807, 2.05) is 12.1 Å². The highest BCUT2D eigenvalue weighted by atomic mass is 16.4. The molecule has 3 rings (SSSR count). The second kappa shape index (κ2) is 4.14. The Hall–Kier alpha value is -2.37. The van der Waals surface area contributed by atoms with E-state index in [0.29, 0.717) is 6.54 Å². The fourth-order valence-corrected chi connectivity index (χ4v) is 2.16. The highest BCUT2D eigenvalue weighted by Gasteiger charge is 2.22. The molecular formula is C12H12N4O2. The summed E-state index contributed by atoms with van der Waals surface area (Å²) >= 11 is 0. The summed E-state index contributed by atoms with van der Waals surface area (Å²) in [5.41, 5.74) is 1.25. The molecule has 1 unspecified atom stereocenters. The number of hydrogen-bond donors (Lipinski definition) is 2. The summed E-state index contributed by atoms with van der Waals surface area (Å²) in [6.07, 6.45) is 3.52. The van der Waals surface area contributed by atoms with Crippen LogP contribution < -0.4 is 5.32 Å². The van der Waals surface area contributed by atoms with E-state index in [9.17, 15) is 4.79 Å². The molecule has 2 aromatic rings. The maximum Gasteiger partial charge on any atom is 0.356 e. The Morgan fingerprint density at radius 1 is 1.44 bits per heavy atom. The number of pyridine rings is 1. The van der Waals surface area contributed by atoms with Crippen molar-refractivity contribution >= 4 is 11.8 Å². The number of aromatic carboxylic acids is 1. The predicted molar refractivity (Wildman–Crippen MR) is 64.7 cm³/mol. The third kappa shape index (κ3) is 1.81. The minimum absolute atomic E-state index is 0.0767. The SMILES string of the molecule is O=C(O)c1cc2n(n1)CC(c1ccncc1)CN2. The first-order valence-electron chi connectivity index (χ1n) is 5.69. The van der Waals surface area contributed by atoms with E-state index >= 15 is 0 Å². The van der Waals surface area contributed by atoms with Crippen LogP contribution in [0, 0.1) is 0 Å². The van der Waals surface area contributed by atoms with E-state index in [2.05, 4.69) is 15.4 Å². The molecule has 0 fully saturated rings. The van der Waals surface area contributed by atoms with Crippen molar-refractivity contribution in [3.8, 4) is 0 Å². The number of nitrogens with zero attached hydrogens (tertiary/aromatic N) is 3. The smallest absolute Gasteiger partial charge is 0.356 e. The van der Waals surface area contributed by atoms with Gasteiger partial charge in [-0.25, -0.2) is 9.48 Å². The molecule has 1 atom stereocenters. The van der Waals surface area contributed by atoms with Gasteiger partial charge < -0.3 is 10.4 Å². The number of carboxylic acids is 1. The Morgan fingerprint density at radius 3 is 2.94 bits per heavy atom. The largest absolute Gasteiger partial charge is 0.476 e. The van der Waals surface area contributed by atoms with Gasteiger partial charge in [0.15, 0.2) is 5.69 Å². The summed E-state index contributed by atoms with van der Waals surface area (Å²) < 4.78 is 1.71. The van der Waals surface area contributed by atoms with Crippen molar-refractivity contribution in [1.82, 2.24) is 14.8 Å². The van der Waals surface area contributed by atoms with E-state index in [4.69, 9.17) is 5.11 Å². The van der Waals surface area contributed by atoms with Gasteiger partial charge in [0.1, 0.15) is 5.82 Å². The highest BCUT2D eigenvalue weighted by molar-refractivity contribution is 5.86. The van der Waals surface area contributed by atoms with Crippen molar-refractivity contribution in [2.24, 2.45) is 0 Å². The van der Waals surface area contributed by atoms with Crippen LogP contribution in [0.4, 0.5) is 5.82 Å². The van der Waals surface area contributed by atoms with Crippen LogP contribution in [0.2, 0.25) is 0 Å². The normalized spacial score (nSPS) is 17.9. The van der Waals surface area contributed by atoms with Crippen molar-refractivity contribution in [3.63, 3.8) is 0 Å². The Balaban J connectivity index is 1.87. The van der Waals surface area contributed by atoms with Gasteiger partial charge in [0.2, 0.25) is 0 Å². The third-order valence-electron chi connectivity index (χ3n) is 3.10. The molecule has 6 heteroatoms. The van der Waals surface area contributed by atoms with Crippen molar-refractivity contribution < 1.29 is 9.90 Å². The lowest BCUT2D eigenvalue weighted by Crippen LogP contribution is -2.26. The van der Waals surface area contributed by atoms with Crippen LogP contribution in [-0.2, 0) is 6.54 Å². The Kier molecular flexibility index (Phi) is 2.47. The zero-order valence-corrected chi connectivity index (χ0v) is 9.58. The monoisotopic (exact) mass is 244 g/mol. The molecule has 0 saturated carbocycles. The second-order valence-corrected chi connectivity index (χ2v) is 4.26. The standard InChI is InChI=1S/C12H12N4O2/c17-12(18)10-5-11-14-6-9(7-16(11)15-10)8-1-3-13-4-2-8/h1-5,9,14H,6-7H2,(H,17,18). The number of nitrogens with one attached hydrogen (secondary N) is 1. The lowest BCUT2D eigenvalue weighted by molar-refractivity contribution is 0.0689. The number of hydrogen-bond acceptors (Lipinski definition) is 4. The van der Waals surface area contributed by atoms with E-state index in [0.717, 1.165) is 12.4 Å². The lowest BCUT2D eigenvalue weighted by atomic mass is 9.99. The molecule has 0 aromatic carbocycles. The van der Waals surface area contributed by atoms with Crippen molar-refractivity contribution in [2.45, 2.75) is 12.5 Å². The van der Waals surface area contributed by atoms with Gasteiger partial charge >= 0.3 is 5.97 Å². The number of fused-ring (bicyclic) bond motifs is 1. The number of carbonyl (C=O) groups is 1. The van der Waals surface area contributed by atoms with Crippen LogP contribution in [0.15, 0.2) is 30.6 Å². The molecule has 0 aliphatic carbocycles. The molecule has 1 aliphatic rings. The summed E-state index contributed by atoms with van der Waals surface area (Å²) in [5.74, 6) is 0.0407. The first kappa shape index (κ1) is 10.8. The van der Waals surface area contributed by atoms with Crippen LogP contribution in [-0.4, -0.2) is 32.4 Å². The molecule has 0 amide bonds. The minimum Gasteiger partial charge on any atom is -0.476 e. The van der Waals surface area contributed by atoms with E-state index in [-0.39, 0.29) is 11.6 Å². The lowest BCUT2D eigenvalue weighted by Gasteiger charge is -2.24. The van der Waals surface area contributed by atoms with Gasteiger partial charge in [0.05, 0.1) is 6.54 Å². The van der Waals surface area contributed by atoms with Crippen molar-refractivity contribution in [3.05, 3.63) is 41.9 Å². The van der Waals surface area contributed by atoms with E-state index in [1.54, 1.807) is 23.1 Å². The minimum atomic E-state index is -1.00. The molecule has 0 bridgehead atoms. The quantitative estimate of drug-likeness (QED) is 0.829. The Labute approximate surface area is 103 Å². The van der Waals surface area contributed by atoms with Gasteiger partial charge in [-0.3, -0.25) is 4.98 Å². The van der Waals surface area contributed by atoms with Gasteiger partial charge in [-0.1, -0.05) is 0 Å². The van der Waals surface area contributed by atoms with Gasteiger partial charge in [0, 0.05) is 30.9 Å². The van der Waals surface area contributed by atoms with Crippen LogP contribution in [0.1, 0.15) is 22.0 Å². The van der Waals surface area contributed by atoms with E-state index < -0.39 is 5.97 Å². The van der Waals surface area contributed by atoms with Crippen LogP contribution in [0.3, 0.4) is 0 Å². The zero-order valence-electron chi connectivity index (χ0n) is 9.58. The Bertz CT molecular complexity index is 579. The van der Waals surface area contributed by atoms with Crippen molar-refractivity contribution in [1.29, 1.82) is 0 Å². The topological polar surface area (TPSA) is 80.0 Å². The summed E-state index contributed by atoms with van der Waals surface area (Å²) in [6, 6.07) is 5.50. The maximum absolute atomic E-state index is 10.9. The fourth-order valence-electron chi connectivity index (χ4n) is 2.16. The van der Waals surface area contributed by atoms with E-state index in [1.165, 1.54) is 5.56 Å². The molecule has 1 aliphatic heterocycles. The molecule has 3 heterocycles. The molecular weight excluding hydrogens is 232 g/mol. The van der Waals surface area contributed by atoms with Gasteiger partial charge in [-0.15, -0.1) is 0 Å². The number of rotatable bonds is 2. The van der Waals surface area contributed by atoms with Crippen LogP contribution in [0.25, 0.3) is 0 Å².